The average molecular weight is 319 g/mol. The van der Waals surface area contributed by atoms with Gasteiger partial charge >= 0.3 is 11.9 Å². The molecule has 0 bridgehead atoms. The lowest BCUT2D eigenvalue weighted by Crippen LogP contribution is -2.59. The first-order valence-corrected chi connectivity index (χ1v) is 7.15. The van der Waals surface area contributed by atoms with Gasteiger partial charge in [0, 0.05) is 26.7 Å². The fraction of sp³-hybridized carbons (Fsp3) is 0.769. The molecule has 120 valence electrons. The lowest BCUT2D eigenvalue weighted by atomic mass is 9.89. The zero-order chi connectivity index (χ0) is 16.2. The van der Waals surface area contributed by atoms with Crippen molar-refractivity contribution in [2.24, 2.45) is 5.92 Å². The van der Waals surface area contributed by atoms with Crippen molar-refractivity contribution in [3.8, 4) is 0 Å². The van der Waals surface area contributed by atoms with Crippen molar-refractivity contribution in [1.29, 1.82) is 0 Å². The molecule has 0 saturated carbocycles. The Morgan fingerprint density at radius 2 is 1.81 bits per heavy atom. The fourth-order valence-corrected chi connectivity index (χ4v) is 2.79. The first kappa shape index (κ1) is 17.8. The molecular formula is C13H21NO6S. The Morgan fingerprint density at radius 1 is 1.19 bits per heavy atom. The highest BCUT2D eigenvalue weighted by molar-refractivity contribution is 7.80. The van der Waals surface area contributed by atoms with Crippen LogP contribution in [0.1, 0.15) is 27.7 Å². The maximum Gasteiger partial charge on any atom is 0.303 e. The van der Waals surface area contributed by atoms with Crippen molar-refractivity contribution in [3.63, 3.8) is 0 Å². The smallest absolute Gasteiger partial charge is 0.303 e. The molecule has 0 aromatic carbocycles. The van der Waals surface area contributed by atoms with Crippen LogP contribution < -0.4 is 5.32 Å². The van der Waals surface area contributed by atoms with Crippen LogP contribution in [0, 0.1) is 5.92 Å². The number of carbonyl (C=O) groups is 3. The van der Waals surface area contributed by atoms with E-state index in [1.165, 1.54) is 20.8 Å². The second kappa shape index (κ2) is 7.65. The number of rotatable bonds is 4. The maximum atomic E-state index is 11.3. The van der Waals surface area contributed by atoms with E-state index >= 15 is 0 Å². The number of amides is 1. The third-order valence-electron chi connectivity index (χ3n) is 3.20. The molecule has 1 fully saturated rings. The quantitative estimate of drug-likeness (QED) is 0.571. The molecule has 1 aliphatic heterocycles. The molecule has 2 unspecified atom stereocenters. The summed E-state index contributed by atoms with van der Waals surface area (Å²) in [5.74, 6) is -1.39. The van der Waals surface area contributed by atoms with Crippen LogP contribution >= 0.6 is 12.6 Å². The summed E-state index contributed by atoms with van der Waals surface area (Å²) in [4.78, 5) is 33.4. The van der Waals surface area contributed by atoms with Gasteiger partial charge in [0.15, 0.2) is 0 Å². The van der Waals surface area contributed by atoms with Gasteiger partial charge < -0.3 is 19.5 Å². The van der Waals surface area contributed by atoms with Gasteiger partial charge in [0.05, 0.1) is 6.04 Å². The SMILES string of the molecule is CC(=O)NC1[C@@H](C)[C@@H](OC(C)=O)C(COC(C)=O)O[C@@H]1S. The number of hydrogen-bond donors (Lipinski definition) is 2. The van der Waals surface area contributed by atoms with E-state index in [-0.39, 0.29) is 18.4 Å². The van der Waals surface area contributed by atoms with E-state index in [0.717, 1.165) is 0 Å². The summed E-state index contributed by atoms with van der Waals surface area (Å²) in [5.41, 5.74) is -0.587. The van der Waals surface area contributed by atoms with Gasteiger partial charge in [-0.2, -0.15) is 0 Å². The second-order valence-electron chi connectivity index (χ2n) is 5.03. The van der Waals surface area contributed by atoms with E-state index in [2.05, 4.69) is 17.9 Å². The largest absolute Gasteiger partial charge is 0.463 e. The molecule has 0 spiro atoms. The number of carbonyl (C=O) groups excluding carboxylic acids is 3. The predicted molar refractivity (Wildman–Crippen MR) is 76.6 cm³/mol. The third-order valence-corrected chi connectivity index (χ3v) is 3.64. The first-order valence-electron chi connectivity index (χ1n) is 6.63. The third kappa shape index (κ3) is 5.20. The number of hydrogen-bond acceptors (Lipinski definition) is 7. The van der Waals surface area contributed by atoms with E-state index in [9.17, 15) is 14.4 Å². The second-order valence-corrected chi connectivity index (χ2v) is 5.54. The molecular weight excluding hydrogens is 298 g/mol. The summed E-state index contributed by atoms with van der Waals surface area (Å²) < 4.78 is 15.8. The highest BCUT2D eigenvalue weighted by Crippen LogP contribution is 2.30. The van der Waals surface area contributed by atoms with E-state index in [1.807, 2.05) is 6.92 Å². The van der Waals surface area contributed by atoms with Gasteiger partial charge in [-0.15, -0.1) is 12.6 Å². The van der Waals surface area contributed by atoms with Crippen molar-refractivity contribution in [1.82, 2.24) is 5.32 Å². The highest BCUT2D eigenvalue weighted by atomic mass is 32.1. The summed E-state index contributed by atoms with van der Waals surface area (Å²) in [6.07, 6.45) is -1.26. The fourth-order valence-electron chi connectivity index (χ4n) is 2.29. The Labute approximate surface area is 129 Å². The van der Waals surface area contributed by atoms with E-state index in [0.29, 0.717) is 0 Å². The number of nitrogens with one attached hydrogen (secondary N) is 1. The maximum absolute atomic E-state index is 11.3. The summed E-state index contributed by atoms with van der Waals surface area (Å²) >= 11 is 4.31. The zero-order valence-electron chi connectivity index (χ0n) is 12.5. The average Bonchev–Trinajstić information content (AvgIpc) is 2.35. The van der Waals surface area contributed by atoms with Crippen molar-refractivity contribution >= 4 is 30.5 Å². The first-order chi connectivity index (χ1) is 9.72. The lowest BCUT2D eigenvalue weighted by molar-refractivity contribution is -0.187. The molecule has 0 aromatic heterocycles. The predicted octanol–water partition coefficient (Wildman–Crippen LogP) is 0.277. The van der Waals surface area contributed by atoms with Crippen LogP contribution in [-0.4, -0.2) is 48.1 Å². The molecule has 1 N–H and O–H groups in total. The van der Waals surface area contributed by atoms with Crippen molar-refractivity contribution in [3.05, 3.63) is 0 Å². The zero-order valence-corrected chi connectivity index (χ0v) is 13.4. The van der Waals surface area contributed by atoms with Crippen LogP contribution in [0.25, 0.3) is 0 Å². The molecule has 7 nitrogen and oxygen atoms in total. The highest BCUT2D eigenvalue weighted by Gasteiger charge is 2.45. The molecule has 0 radical (unpaired) electrons. The lowest BCUT2D eigenvalue weighted by Gasteiger charge is -2.43. The molecule has 1 aliphatic rings. The topological polar surface area (TPSA) is 90.9 Å². The van der Waals surface area contributed by atoms with E-state index in [4.69, 9.17) is 14.2 Å². The Morgan fingerprint density at radius 3 is 2.29 bits per heavy atom. The van der Waals surface area contributed by atoms with Gasteiger partial charge in [-0.3, -0.25) is 14.4 Å². The van der Waals surface area contributed by atoms with Crippen LogP contribution in [0.4, 0.5) is 0 Å². The van der Waals surface area contributed by atoms with Crippen LogP contribution in [0.3, 0.4) is 0 Å². The summed E-state index contributed by atoms with van der Waals surface area (Å²) in [6, 6.07) is -0.413. The molecule has 21 heavy (non-hydrogen) atoms. The van der Waals surface area contributed by atoms with Crippen LogP contribution in [-0.2, 0) is 28.6 Å². The molecule has 8 heteroatoms. The Kier molecular flexibility index (Phi) is 6.47. The molecule has 1 rings (SSSR count). The minimum atomic E-state index is -0.637. The Bertz CT molecular complexity index is 413. The van der Waals surface area contributed by atoms with Crippen LogP contribution in [0.5, 0.6) is 0 Å². The summed E-state index contributed by atoms with van der Waals surface area (Å²) in [7, 11) is 0. The molecule has 5 atom stereocenters. The standard InChI is InChI=1S/C13H21NO6S/c1-6-11(14-7(2)15)13(21)20-10(5-18-8(3)16)12(6)19-9(4)17/h6,10-13,21H,5H2,1-4H3,(H,14,15)/t6-,10?,11?,12-,13-/m1/s1. The van der Waals surface area contributed by atoms with E-state index in [1.54, 1.807) is 0 Å². The van der Waals surface area contributed by atoms with Gasteiger partial charge in [-0.1, -0.05) is 6.92 Å². The van der Waals surface area contributed by atoms with Gasteiger partial charge in [-0.05, 0) is 0 Å². The minimum Gasteiger partial charge on any atom is -0.463 e. The van der Waals surface area contributed by atoms with Gasteiger partial charge in [0.2, 0.25) is 5.91 Å². The van der Waals surface area contributed by atoms with Crippen molar-refractivity contribution < 1.29 is 28.6 Å². The van der Waals surface area contributed by atoms with Gasteiger partial charge in [-0.25, -0.2) is 0 Å². The van der Waals surface area contributed by atoms with Crippen molar-refractivity contribution in [2.75, 3.05) is 6.61 Å². The minimum absolute atomic E-state index is 0.0402. The van der Waals surface area contributed by atoms with Gasteiger partial charge in [0.25, 0.3) is 0 Å². The normalized spacial score (nSPS) is 32.1. The monoisotopic (exact) mass is 319 g/mol. The summed E-state index contributed by atoms with van der Waals surface area (Å²) in [5, 5.41) is 2.73. The number of thiol groups is 1. The molecule has 1 heterocycles. The van der Waals surface area contributed by atoms with Gasteiger partial charge in [0.1, 0.15) is 24.3 Å². The molecule has 1 saturated heterocycles. The van der Waals surface area contributed by atoms with Crippen LogP contribution in [0.2, 0.25) is 0 Å². The molecule has 1 amide bonds. The molecule has 0 aromatic rings. The Hall–Kier alpha value is -1.28. The van der Waals surface area contributed by atoms with Crippen LogP contribution in [0.15, 0.2) is 0 Å². The summed E-state index contributed by atoms with van der Waals surface area (Å²) in [6.45, 7) is 5.74. The molecule has 0 aliphatic carbocycles. The number of esters is 2. The van der Waals surface area contributed by atoms with Crippen molar-refractivity contribution in [2.45, 2.75) is 51.4 Å². The Balaban J connectivity index is 2.86. The van der Waals surface area contributed by atoms with E-state index < -0.39 is 35.6 Å². The number of ether oxygens (including phenoxy) is 3.